The molecular weight excluding hydrogens is 481 g/mol. The number of carbonyl (C=O) groups excluding carboxylic acids is 1. The normalized spacial score (nSPS) is 29.4. The second-order valence-corrected chi connectivity index (χ2v) is 12.6. The largest absolute Gasteiger partial charge is 0.493 e. The van der Waals surface area contributed by atoms with Crippen molar-refractivity contribution in [2.24, 2.45) is 11.8 Å². The first-order valence-electron chi connectivity index (χ1n) is 14.4. The number of methoxy groups -OCH3 is 1. The van der Waals surface area contributed by atoms with Gasteiger partial charge in [0.05, 0.1) is 12.7 Å². The number of anilines is 1. The molecule has 0 radical (unpaired) electrons. The number of rotatable bonds is 7. The highest BCUT2D eigenvalue weighted by Crippen LogP contribution is 2.48. The van der Waals surface area contributed by atoms with E-state index >= 15 is 0 Å². The Hall–Kier alpha value is -2.80. The van der Waals surface area contributed by atoms with Crippen LogP contribution in [0.4, 0.5) is 10.1 Å². The molecule has 2 atom stereocenters. The number of nitrogens with zero attached hydrogens (tertiary/aromatic N) is 1. The molecule has 202 valence electrons. The lowest BCUT2D eigenvalue weighted by Crippen LogP contribution is -2.56. The summed E-state index contributed by atoms with van der Waals surface area (Å²) in [4.78, 5) is 15.5. The van der Waals surface area contributed by atoms with Gasteiger partial charge < -0.3 is 20.1 Å². The zero-order valence-electron chi connectivity index (χ0n) is 22.4. The molecule has 0 bridgehead atoms. The Morgan fingerprint density at radius 3 is 2.76 bits per heavy atom. The fourth-order valence-corrected chi connectivity index (χ4v) is 7.71. The quantitative estimate of drug-likeness (QED) is 0.537. The van der Waals surface area contributed by atoms with Crippen LogP contribution in [0, 0.1) is 17.7 Å². The van der Waals surface area contributed by atoms with E-state index in [-0.39, 0.29) is 23.2 Å². The average Bonchev–Trinajstić information content (AvgIpc) is 3.40. The third-order valence-electron chi connectivity index (χ3n) is 10.1. The van der Waals surface area contributed by atoms with Gasteiger partial charge in [-0.15, -0.1) is 0 Å². The van der Waals surface area contributed by atoms with Crippen molar-refractivity contribution in [3.63, 3.8) is 0 Å². The van der Waals surface area contributed by atoms with E-state index in [1.54, 1.807) is 19.2 Å². The molecule has 2 aliphatic carbocycles. The van der Waals surface area contributed by atoms with Crippen molar-refractivity contribution in [2.75, 3.05) is 32.1 Å². The van der Waals surface area contributed by atoms with Crippen LogP contribution in [0.15, 0.2) is 24.3 Å². The van der Waals surface area contributed by atoms with Gasteiger partial charge in [-0.05, 0) is 85.8 Å². The van der Waals surface area contributed by atoms with Crippen molar-refractivity contribution in [2.45, 2.75) is 75.9 Å². The van der Waals surface area contributed by atoms with E-state index in [1.165, 1.54) is 32.1 Å². The molecule has 0 saturated heterocycles. The van der Waals surface area contributed by atoms with Gasteiger partial charge in [0.1, 0.15) is 12.4 Å². The lowest BCUT2D eigenvalue weighted by Gasteiger charge is -2.50. The molecule has 7 heteroatoms. The maximum Gasteiger partial charge on any atom is 0.252 e. The maximum absolute atomic E-state index is 14.1. The fraction of sp³-hybridized carbons (Fsp3) is 0.581. The highest BCUT2D eigenvalue weighted by Gasteiger charge is 2.45. The molecule has 2 aromatic carbocycles. The number of carbonyl (C=O) groups is 1. The van der Waals surface area contributed by atoms with Crippen molar-refractivity contribution in [1.29, 1.82) is 0 Å². The van der Waals surface area contributed by atoms with Crippen molar-refractivity contribution in [3.8, 4) is 11.5 Å². The number of ether oxygens (including phenoxy) is 2. The molecule has 2 saturated carbocycles. The summed E-state index contributed by atoms with van der Waals surface area (Å²) in [5.41, 5.74) is 5.02. The molecule has 7 rings (SSSR count). The van der Waals surface area contributed by atoms with E-state index in [2.05, 4.69) is 22.5 Å². The smallest absolute Gasteiger partial charge is 0.252 e. The molecule has 2 aromatic rings. The van der Waals surface area contributed by atoms with Gasteiger partial charge in [-0.1, -0.05) is 13.3 Å². The second kappa shape index (κ2) is 9.15. The highest BCUT2D eigenvalue weighted by molar-refractivity contribution is 6.01. The molecule has 2 N–H and O–H groups in total. The van der Waals surface area contributed by atoms with Crippen LogP contribution in [-0.4, -0.2) is 49.7 Å². The summed E-state index contributed by atoms with van der Waals surface area (Å²) in [6.07, 6.45) is 8.22. The van der Waals surface area contributed by atoms with Gasteiger partial charge in [0.2, 0.25) is 0 Å². The molecule has 3 aliphatic heterocycles. The van der Waals surface area contributed by atoms with Crippen LogP contribution in [0.5, 0.6) is 11.5 Å². The highest BCUT2D eigenvalue weighted by atomic mass is 19.1. The zero-order valence-corrected chi connectivity index (χ0v) is 22.4. The van der Waals surface area contributed by atoms with Crippen LogP contribution in [0.3, 0.4) is 0 Å². The molecule has 2 fully saturated rings. The lowest BCUT2D eigenvalue weighted by molar-refractivity contribution is -0.00890. The Balaban J connectivity index is 1.09. The van der Waals surface area contributed by atoms with E-state index < -0.39 is 0 Å². The number of hydrogen-bond donors (Lipinski definition) is 2. The fourth-order valence-electron chi connectivity index (χ4n) is 7.71. The molecule has 2 unspecified atom stereocenters. The molecule has 6 nitrogen and oxygen atoms in total. The molecule has 0 spiro atoms. The van der Waals surface area contributed by atoms with Crippen molar-refractivity contribution < 1.29 is 18.7 Å². The van der Waals surface area contributed by atoms with Gasteiger partial charge in [-0.2, -0.15) is 0 Å². The van der Waals surface area contributed by atoms with Crippen LogP contribution in [0.1, 0.15) is 72.5 Å². The molecule has 5 aliphatic rings. The van der Waals surface area contributed by atoms with Crippen LogP contribution < -0.4 is 20.1 Å². The van der Waals surface area contributed by atoms with E-state index in [4.69, 9.17) is 9.47 Å². The molecular formula is C31H38FN3O3. The van der Waals surface area contributed by atoms with Crippen LogP contribution in [-0.2, 0) is 18.4 Å². The predicted molar refractivity (Wildman–Crippen MR) is 145 cm³/mol. The minimum Gasteiger partial charge on any atom is -0.493 e. The summed E-state index contributed by atoms with van der Waals surface area (Å²) in [5.74, 6) is 2.75. The van der Waals surface area contributed by atoms with Crippen LogP contribution in [0.25, 0.3) is 0 Å². The lowest BCUT2D eigenvalue weighted by atomic mass is 9.67. The summed E-state index contributed by atoms with van der Waals surface area (Å²) in [6, 6.07) is 7.91. The van der Waals surface area contributed by atoms with Gasteiger partial charge in [-0.3, -0.25) is 9.69 Å². The van der Waals surface area contributed by atoms with Gasteiger partial charge in [0, 0.05) is 48.4 Å². The second-order valence-electron chi connectivity index (χ2n) is 12.6. The van der Waals surface area contributed by atoms with E-state index in [1.807, 2.05) is 12.1 Å². The summed E-state index contributed by atoms with van der Waals surface area (Å²) >= 11 is 0. The Bertz CT molecular complexity index is 1270. The third kappa shape index (κ3) is 3.96. The van der Waals surface area contributed by atoms with Crippen LogP contribution >= 0.6 is 0 Å². The van der Waals surface area contributed by atoms with E-state index in [0.29, 0.717) is 25.1 Å². The SMILES string of the molecule is COc1cc2c(c3c1OCC(N(CC1CCC1)C1CC(CC4(C)CNc5ccc(F)cc54)C1)C3)C(=O)NC2. The molecule has 38 heavy (non-hydrogen) atoms. The minimum absolute atomic E-state index is 0.00698. The first-order chi connectivity index (χ1) is 18.4. The summed E-state index contributed by atoms with van der Waals surface area (Å²) in [5, 5.41) is 6.49. The Morgan fingerprint density at radius 1 is 1.16 bits per heavy atom. The maximum atomic E-state index is 14.1. The Kier molecular flexibility index (Phi) is 5.84. The summed E-state index contributed by atoms with van der Waals surface area (Å²) < 4.78 is 26.1. The standard InChI is InChI=1S/C31H38FN3O3/c1-31(17-34-26-7-6-21(32)11-25(26)31)13-19-8-22(9-19)35(15-18-4-3-5-18)23-12-24-28-20(14-33-30(28)36)10-27(37-2)29(24)38-16-23/h6-7,10-11,18-19,22-23,34H,3-5,8-9,12-17H2,1-2H3,(H,33,36). The van der Waals surface area contributed by atoms with Crippen molar-refractivity contribution in [3.05, 3.63) is 52.3 Å². The van der Waals surface area contributed by atoms with Gasteiger partial charge in [0.25, 0.3) is 5.91 Å². The zero-order chi connectivity index (χ0) is 26.0. The molecule has 0 aromatic heterocycles. The molecule has 1 amide bonds. The number of benzene rings is 2. The number of fused-ring (bicyclic) bond motifs is 4. The third-order valence-corrected chi connectivity index (χ3v) is 10.1. The Labute approximate surface area is 224 Å². The van der Waals surface area contributed by atoms with Gasteiger partial charge >= 0.3 is 0 Å². The monoisotopic (exact) mass is 519 g/mol. The average molecular weight is 520 g/mol. The minimum atomic E-state index is -0.147. The summed E-state index contributed by atoms with van der Waals surface area (Å²) in [7, 11) is 1.67. The predicted octanol–water partition coefficient (Wildman–Crippen LogP) is 5.04. The number of amides is 1. The van der Waals surface area contributed by atoms with Gasteiger partial charge in [-0.25, -0.2) is 4.39 Å². The first-order valence-corrected chi connectivity index (χ1v) is 14.4. The van der Waals surface area contributed by atoms with Gasteiger partial charge in [0.15, 0.2) is 11.5 Å². The van der Waals surface area contributed by atoms with E-state index in [0.717, 1.165) is 71.3 Å². The van der Waals surface area contributed by atoms with Crippen LogP contribution in [0.2, 0.25) is 0 Å². The topological polar surface area (TPSA) is 62.8 Å². The number of hydrogen-bond acceptors (Lipinski definition) is 5. The first kappa shape index (κ1) is 24.3. The van der Waals surface area contributed by atoms with E-state index in [9.17, 15) is 9.18 Å². The summed E-state index contributed by atoms with van der Waals surface area (Å²) in [6.45, 7) is 5.47. The van der Waals surface area contributed by atoms with Crippen molar-refractivity contribution in [1.82, 2.24) is 10.2 Å². The number of halogens is 1. The van der Waals surface area contributed by atoms with Crippen molar-refractivity contribution >= 4 is 11.6 Å². The number of nitrogens with one attached hydrogen (secondary N) is 2. The molecule has 3 heterocycles. The Morgan fingerprint density at radius 2 is 2.00 bits per heavy atom.